The Morgan fingerprint density at radius 3 is 3.06 bits per heavy atom. The Bertz CT molecular complexity index is 465. The Morgan fingerprint density at radius 2 is 2.31 bits per heavy atom. The monoisotopic (exact) mass is 236 g/mol. The molecular formula is C12H15ClN3+. The summed E-state index contributed by atoms with van der Waals surface area (Å²) in [6, 6.07) is 7.90. The van der Waals surface area contributed by atoms with Gasteiger partial charge in [0.2, 0.25) is 6.33 Å². The van der Waals surface area contributed by atoms with Gasteiger partial charge in [0.25, 0.3) is 6.33 Å². The summed E-state index contributed by atoms with van der Waals surface area (Å²) in [5, 5.41) is 5.05. The number of hydrogen-bond acceptors (Lipinski definition) is 1. The quantitative estimate of drug-likeness (QED) is 0.747. The standard InChI is InChI=1S/C12H15ClN3/c1-2-6-16-10-15(9-14-16)8-11-4-3-5-12(13)7-11/h3-5,7,9-10H,2,6,8H2,1H3/q+1. The van der Waals surface area contributed by atoms with Crippen LogP contribution in [0.2, 0.25) is 5.02 Å². The van der Waals surface area contributed by atoms with E-state index in [2.05, 4.69) is 22.7 Å². The molecule has 0 aliphatic rings. The van der Waals surface area contributed by atoms with Crippen molar-refractivity contribution in [2.24, 2.45) is 0 Å². The van der Waals surface area contributed by atoms with E-state index in [1.165, 1.54) is 5.56 Å². The summed E-state index contributed by atoms with van der Waals surface area (Å²) in [5.41, 5.74) is 1.19. The molecular weight excluding hydrogens is 222 g/mol. The molecule has 0 aliphatic carbocycles. The second kappa shape index (κ2) is 5.12. The molecule has 3 nitrogen and oxygen atoms in total. The van der Waals surface area contributed by atoms with Gasteiger partial charge in [-0.2, -0.15) is 0 Å². The summed E-state index contributed by atoms with van der Waals surface area (Å²) in [5.74, 6) is 0. The average Bonchev–Trinajstić information content (AvgIpc) is 2.66. The maximum absolute atomic E-state index is 5.94. The molecule has 0 N–H and O–H groups in total. The highest BCUT2D eigenvalue weighted by Gasteiger charge is 2.05. The summed E-state index contributed by atoms with van der Waals surface area (Å²) in [6.45, 7) is 3.91. The molecule has 0 bridgehead atoms. The van der Waals surface area contributed by atoms with Gasteiger partial charge in [0.1, 0.15) is 6.54 Å². The maximum atomic E-state index is 5.94. The smallest absolute Gasteiger partial charge is 0.233 e. The van der Waals surface area contributed by atoms with Crippen LogP contribution in [0.5, 0.6) is 0 Å². The molecule has 4 heteroatoms. The van der Waals surface area contributed by atoms with Crippen molar-refractivity contribution in [3.63, 3.8) is 0 Å². The van der Waals surface area contributed by atoms with Crippen LogP contribution in [-0.4, -0.2) is 9.78 Å². The first-order valence-corrected chi connectivity index (χ1v) is 5.81. The van der Waals surface area contributed by atoms with E-state index < -0.39 is 0 Å². The van der Waals surface area contributed by atoms with Crippen molar-refractivity contribution in [2.45, 2.75) is 26.4 Å². The molecule has 0 fully saturated rings. The second-order valence-corrected chi connectivity index (χ2v) is 4.25. The van der Waals surface area contributed by atoms with Gasteiger partial charge in [-0.3, -0.25) is 0 Å². The lowest BCUT2D eigenvalue weighted by Gasteiger charge is -1.98. The minimum absolute atomic E-state index is 0.777. The van der Waals surface area contributed by atoms with Crippen molar-refractivity contribution in [2.75, 3.05) is 0 Å². The fourth-order valence-electron chi connectivity index (χ4n) is 1.64. The van der Waals surface area contributed by atoms with E-state index >= 15 is 0 Å². The fraction of sp³-hybridized carbons (Fsp3) is 0.333. The first-order valence-electron chi connectivity index (χ1n) is 5.44. The second-order valence-electron chi connectivity index (χ2n) is 3.81. The number of aromatic nitrogens is 3. The summed E-state index contributed by atoms with van der Waals surface area (Å²) in [6.07, 6.45) is 4.96. The molecule has 0 aliphatic heterocycles. The van der Waals surface area contributed by atoms with Gasteiger partial charge >= 0.3 is 0 Å². The van der Waals surface area contributed by atoms with Gasteiger partial charge in [-0.05, 0) is 24.1 Å². The molecule has 0 radical (unpaired) electrons. The van der Waals surface area contributed by atoms with E-state index in [1.807, 2.05) is 35.5 Å². The third kappa shape index (κ3) is 2.83. The van der Waals surface area contributed by atoms with Crippen LogP contribution in [0.1, 0.15) is 18.9 Å². The topological polar surface area (TPSA) is 21.7 Å². The van der Waals surface area contributed by atoms with Crippen LogP contribution in [0.3, 0.4) is 0 Å². The zero-order valence-electron chi connectivity index (χ0n) is 9.31. The molecule has 0 atom stereocenters. The Labute approximate surface area is 100 Å². The highest BCUT2D eigenvalue weighted by atomic mass is 35.5. The van der Waals surface area contributed by atoms with Crippen molar-refractivity contribution >= 4 is 11.6 Å². The van der Waals surface area contributed by atoms with E-state index in [0.717, 1.165) is 24.5 Å². The zero-order valence-corrected chi connectivity index (χ0v) is 10.1. The average molecular weight is 237 g/mol. The Morgan fingerprint density at radius 1 is 1.44 bits per heavy atom. The van der Waals surface area contributed by atoms with Gasteiger partial charge in [0, 0.05) is 10.1 Å². The minimum atomic E-state index is 0.777. The lowest BCUT2D eigenvalue weighted by Crippen LogP contribution is -2.31. The third-order valence-corrected chi connectivity index (χ3v) is 2.57. The van der Waals surface area contributed by atoms with Crippen molar-refractivity contribution in [1.29, 1.82) is 0 Å². The molecule has 0 spiro atoms. The first kappa shape index (κ1) is 11.1. The van der Waals surface area contributed by atoms with Crippen LogP contribution in [0, 0.1) is 0 Å². The lowest BCUT2D eigenvalue weighted by molar-refractivity contribution is -0.689. The van der Waals surface area contributed by atoms with Crippen molar-refractivity contribution in [3.8, 4) is 0 Å². The lowest BCUT2D eigenvalue weighted by atomic mass is 10.2. The molecule has 84 valence electrons. The van der Waals surface area contributed by atoms with Crippen LogP contribution in [0.25, 0.3) is 0 Å². The number of benzene rings is 1. The Balaban J connectivity index is 2.08. The molecule has 0 saturated heterocycles. The van der Waals surface area contributed by atoms with E-state index in [1.54, 1.807) is 0 Å². The van der Waals surface area contributed by atoms with E-state index in [-0.39, 0.29) is 0 Å². The Hall–Kier alpha value is -1.35. The maximum Gasteiger partial charge on any atom is 0.265 e. The van der Waals surface area contributed by atoms with E-state index in [0.29, 0.717) is 0 Å². The SMILES string of the molecule is CCCn1c[n+](Cc2cccc(Cl)c2)cn1. The van der Waals surface area contributed by atoms with Gasteiger partial charge in [-0.1, -0.05) is 30.7 Å². The van der Waals surface area contributed by atoms with Gasteiger partial charge in [-0.25, -0.2) is 4.57 Å². The highest BCUT2D eigenvalue weighted by Crippen LogP contribution is 2.09. The van der Waals surface area contributed by atoms with Crippen molar-refractivity contribution < 1.29 is 4.57 Å². The van der Waals surface area contributed by atoms with Crippen LogP contribution in [0.15, 0.2) is 36.9 Å². The fourth-order valence-corrected chi connectivity index (χ4v) is 1.85. The molecule has 1 aromatic carbocycles. The molecule has 1 aromatic heterocycles. The summed E-state index contributed by atoms with van der Waals surface area (Å²) >= 11 is 5.94. The van der Waals surface area contributed by atoms with Crippen molar-refractivity contribution in [1.82, 2.24) is 9.78 Å². The number of aryl methyl sites for hydroxylation is 1. The predicted octanol–water partition coefficient (Wildman–Crippen LogP) is 2.28. The van der Waals surface area contributed by atoms with E-state index in [9.17, 15) is 0 Å². The third-order valence-electron chi connectivity index (χ3n) is 2.34. The highest BCUT2D eigenvalue weighted by molar-refractivity contribution is 6.30. The number of hydrogen-bond donors (Lipinski definition) is 0. The van der Waals surface area contributed by atoms with Gasteiger partial charge in [0.05, 0.1) is 6.54 Å². The zero-order chi connectivity index (χ0) is 11.4. The van der Waals surface area contributed by atoms with Crippen LogP contribution in [0.4, 0.5) is 0 Å². The number of rotatable bonds is 4. The van der Waals surface area contributed by atoms with Gasteiger partial charge in [0.15, 0.2) is 0 Å². The van der Waals surface area contributed by atoms with E-state index in [4.69, 9.17) is 11.6 Å². The molecule has 0 amide bonds. The Kier molecular flexibility index (Phi) is 3.57. The normalized spacial score (nSPS) is 10.6. The number of halogens is 1. The molecule has 16 heavy (non-hydrogen) atoms. The van der Waals surface area contributed by atoms with Crippen LogP contribution >= 0.6 is 11.6 Å². The van der Waals surface area contributed by atoms with Gasteiger partial charge < -0.3 is 0 Å². The first-order chi connectivity index (χ1) is 7.78. The molecule has 2 aromatic rings. The largest absolute Gasteiger partial charge is 0.265 e. The molecule has 0 saturated carbocycles. The summed E-state index contributed by atoms with van der Waals surface area (Å²) in [4.78, 5) is 0. The van der Waals surface area contributed by atoms with Crippen LogP contribution in [-0.2, 0) is 13.1 Å². The number of nitrogens with zero attached hydrogens (tertiary/aromatic N) is 3. The molecule has 0 unspecified atom stereocenters. The molecule has 1 heterocycles. The van der Waals surface area contributed by atoms with Crippen molar-refractivity contribution in [3.05, 3.63) is 47.5 Å². The predicted molar refractivity (Wildman–Crippen MR) is 63.3 cm³/mol. The summed E-state index contributed by atoms with van der Waals surface area (Å²) in [7, 11) is 0. The minimum Gasteiger partial charge on any atom is -0.233 e. The van der Waals surface area contributed by atoms with Crippen LogP contribution < -0.4 is 4.57 Å². The molecule has 2 rings (SSSR count). The van der Waals surface area contributed by atoms with Gasteiger partial charge in [-0.15, -0.1) is 4.68 Å². The summed E-state index contributed by atoms with van der Waals surface area (Å²) < 4.78 is 4.01.